The summed E-state index contributed by atoms with van der Waals surface area (Å²) in [5.74, 6) is 0. The largest absolute Gasteiger partial charge is 0.382 e. The van der Waals surface area contributed by atoms with Gasteiger partial charge in [-0.15, -0.1) is 0 Å². The number of nitrogens with one attached hydrogen (secondary N) is 1. The highest BCUT2D eigenvalue weighted by molar-refractivity contribution is 4.90. The molecule has 0 amide bonds. The van der Waals surface area contributed by atoms with E-state index in [0.717, 1.165) is 26.2 Å². The second-order valence-electron chi connectivity index (χ2n) is 6.28. The fraction of sp³-hybridized carbons (Fsp3) is 1.00. The van der Waals surface area contributed by atoms with Crippen LogP contribution in [0.25, 0.3) is 0 Å². The lowest BCUT2D eigenvalue weighted by Gasteiger charge is -2.44. The molecule has 0 bridgehead atoms. The molecule has 1 saturated heterocycles. The van der Waals surface area contributed by atoms with E-state index in [9.17, 15) is 0 Å². The van der Waals surface area contributed by atoms with Gasteiger partial charge >= 0.3 is 0 Å². The number of rotatable bonds is 6. The number of methoxy groups -OCH3 is 1. The van der Waals surface area contributed by atoms with Crippen LogP contribution in [0.4, 0.5) is 0 Å². The zero-order valence-corrected chi connectivity index (χ0v) is 12.7. The van der Waals surface area contributed by atoms with E-state index in [1.165, 1.54) is 0 Å². The van der Waals surface area contributed by atoms with Crippen molar-refractivity contribution < 1.29 is 9.47 Å². The summed E-state index contributed by atoms with van der Waals surface area (Å²) in [7, 11) is 1.70. The molecule has 0 aromatic carbocycles. The van der Waals surface area contributed by atoms with E-state index in [1.807, 2.05) is 0 Å². The van der Waals surface area contributed by atoms with Crippen molar-refractivity contribution in [3.63, 3.8) is 0 Å². The van der Waals surface area contributed by atoms with Crippen LogP contribution < -0.4 is 5.32 Å². The van der Waals surface area contributed by atoms with Gasteiger partial charge in [0.15, 0.2) is 0 Å². The Morgan fingerprint density at radius 3 is 2.56 bits per heavy atom. The van der Waals surface area contributed by atoms with E-state index in [0.29, 0.717) is 30.7 Å². The van der Waals surface area contributed by atoms with E-state index in [1.54, 1.807) is 7.11 Å². The quantitative estimate of drug-likeness (QED) is 0.729. The SMILES string of the molecule is COCCOCCN1CC(C(C)(C)C)NCC1C. The maximum Gasteiger partial charge on any atom is 0.0700 e. The summed E-state index contributed by atoms with van der Waals surface area (Å²) in [4.78, 5) is 2.53. The molecule has 0 radical (unpaired) electrons. The Bertz CT molecular complexity index is 228. The van der Waals surface area contributed by atoms with Crippen molar-refractivity contribution >= 4 is 0 Å². The maximum absolute atomic E-state index is 5.56. The standard InChI is InChI=1S/C14H30N2O2/c1-12-10-15-13(14(2,3)4)11-16(12)6-7-18-9-8-17-5/h12-13,15H,6-11H2,1-5H3. The summed E-state index contributed by atoms with van der Waals surface area (Å²) in [6, 6.07) is 1.15. The number of ether oxygens (including phenoxy) is 2. The first-order chi connectivity index (χ1) is 8.45. The minimum absolute atomic E-state index is 0.315. The van der Waals surface area contributed by atoms with Crippen LogP contribution >= 0.6 is 0 Å². The van der Waals surface area contributed by atoms with E-state index >= 15 is 0 Å². The number of piperazine rings is 1. The van der Waals surface area contributed by atoms with Gasteiger partial charge in [0, 0.05) is 38.8 Å². The smallest absolute Gasteiger partial charge is 0.0700 e. The molecule has 0 saturated carbocycles. The van der Waals surface area contributed by atoms with Crippen molar-refractivity contribution in [2.24, 2.45) is 5.41 Å². The van der Waals surface area contributed by atoms with Gasteiger partial charge in [-0.25, -0.2) is 0 Å². The highest BCUT2D eigenvalue weighted by Gasteiger charge is 2.31. The molecule has 1 fully saturated rings. The molecule has 2 unspecified atom stereocenters. The first kappa shape index (κ1) is 15.9. The molecular weight excluding hydrogens is 228 g/mol. The molecule has 18 heavy (non-hydrogen) atoms. The second kappa shape index (κ2) is 7.43. The number of hydrogen-bond acceptors (Lipinski definition) is 4. The molecule has 108 valence electrons. The molecule has 0 spiro atoms. The Kier molecular flexibility index (Phi) is 6.57. The van der Waals surface area contributed by atoms with Gasteiger partial charge in [0.1, 0.15) is 0 Å². The van der Waals surface area contributed by atoms with Crippen LogP contribution in [0.3, 0.4) is 0 Å². The van der Waals surface area contributed by atoms with Crippen LogP contribution in [0.2, 0.25) is 0 Å². The van der Waals surface area contributed by atoms with E-state index < -0.39 is 0 Å². The number of nitrogens with zero attached hydrogens (tertiary/aromatic N) is 1. The Hall–Kier alpha value is -0.160. The van der Waals surface area contributed by atoms with Crippen molar-refractivity contribution in [2.75, 3.05) is 46.6 Å². The molecule has 0 aromatic rings. The van der Waals surface area contributed by atoms with Crippen molar-refractivity contribution in [3.05, 3.63) is 0 Å². The van der Waals surface area contributed by atoms with Gasteiger partial charge in [-0.2, -0.15) is 0 Å². The minimum Gasteiger partial charge on any atom is -0.382 e. The summed E-state index contributed by atoms with van der Waals surface area (Å²) in [6.07, 6.45) is 0. The normalized spacial score (nSPS) is 26.5. The van der Waals surface area contributed by atoms with Crippen LogP contribution in [-0.4, -0.2) is 63.5 Å². The molecule has 1 aliphatic heterocycles. The fourth-order valence-electron chi connectivity index (χ4n) is 2.24. The van der Waals surface area contributed by atoms with Gasteiger partial charge in [0.2, 0.25) is 0 Å². The lowest BCUT2D eigenvalue weighted by atomic mass is 9.85. The third-order valence-electron chi connectivity index (χ3n) is 3.70. The summed E-state index contributed by atoms with van der Waals surface area (Å²) in [5.41, 5.74) is 0.315. The van der Waals surface area contributed by atoms with Crippen LogP contribution in [-0.2, 0) is 9.47 Å². The van der Waals surface area contributed by atoms with Gasteiger partial charge < -0.3 is 14.8 Å². The third-order valence-corrected chi connectivity index (χ3v) is 3.70. The van der Waals surface area contributed by atoms with Crippen LogP contribution in [0.5, 0.6) is 0 Å². The topological polar surface area (TPSA) is 33.7 Å². The predicted octanol–water partition coefficient (Wildman–Crippen LogP) is 1.36. The first-order valence-electron chi connectivity index (χ1n) is 6.99. The third kappa shape index (κ3) is 5.22. The average molecular weight is 258 g/mol. The summed E-state index contributed by atoms with van der Waals surface area (Å²) in [5, 5.41) is 3.65. The summed E-state index contributed by atoms with van der Waals surface area (Å²) < 4.78 is 10.5. The van der Waals surface area contributed by atoms with Gasteiger partial charge in [-0.1, -0.05) is 20.8 Å². The molecule has 2 atom stereocenters. The molecule has 1 rings (SSSR count). The van der Waals surface area contributed by atoms with Gasteiger partial charge in [0.05, 0.1) is 19.8 Å². The monoisotopic (exact) mass is 258 g/mol. The Morgan fingerprint density at radius 2 is 1.94 bits per heavy atom. The lowest BCUT2D eigenvalue weighted by molar-refractivity contribution is 0.0325. The highest BCUT2D eigenvalue weighted by Crippen LogP contribution is 2.23. The van der Waals surface area contributed by atoms with Gasteiger partial charge in [-0.05, 0) is 12.3 Å². The zero-order chi connectivity index (χ0) is 13.6. The Balaban J connectivity index is 2.29. The fourth-order valence-corrected chi connectivity index (χ4v) is 2.24. The van der Waals surface area contributed by atoms with Gasteiger partial charge in [0.25, 0.3) is 0 Å². The summed E-state index contributed by atoms with van der Waals surface area (Å²) in [6.45, 7) is 14.5. The van der Waals surface area contributed by atoms with E-state index in [-0.39, 0.29) is 0 Å². The molecule has 4 nitrogen and oxygen atoms in total. The Morgan fingerprint density at radius 1 is 1.22 bits per heavy atom. The molecule has 0 aliphatic carbocycles. The maximum atomic E-state index is 5.56. The van der Waals surface area contributed by atoms with Crippen molar-refractivity contribution in [1.29, 1.82) is 0 Å². The van der Waals surface area contributed by atoms with Gasteiger partial charge in [-0.3, -0.25) is 4.90 Å². The molecule has 1 N–H and O–H groups in total. The van der Waals surface area contributed by atoms with Crippen molar-refractivity contribution in [2.45, 2.75) is 39.8 Å². The van der Waals surface area contributed by atoms with Crippen molar-refractivity contribution in [1.82, 2.24) is 10.2 Å². The molecule has 1 aliphatic rings. The minimum atomic E-state index is 0.315. The van der Waals surface area contributed by atoms with Crippen LogP contribution in [0.15, 0.2) is 0 Å². The molecular formula is C14H30N2O2. The van der Waals surface area contributed by atoms with Crippen molar-refractivity contribution in [3.8, 4) is 0 Å². The Labute approximate surface area is 112 Å². The number of hydrogen-bond donors (Lipinski definition) is 1. The molecule has 4 heteroatoms. The second-order valence-corrected chi connectivity index (χ2v) is 6.28. The van der Waals surface area contributed by atoms with Crippen LogP contribution in [0, 0.1) is 5.41 Å². The van der Waals surface area contributed by atoms with E-state index in [4.69, 9.17) is 9.47 Å². The zero-order valence-electron chi connectivity index (χ0n) is 12.7. The summed E-state index contributed by atoms with van der Waals surface area (Å²) >= 11 is 0. The van der Waals surface area contributed by atoms with E-state index in [2.05, 4.69) is 37.9 Å². The highest BCUT2D eigenvalue weighted by atomic mass is 16.5. The lowest BCUT2D eigenvalue weighted by Crippen LogP contribution is -2.59. The predicted molar refractivity (Wildman–Crippen MR) is 75.0 cm³/mol. The molecule has 1 heterocycles. The molecule has 0 aromatic heterocycles. The average Bonchev–Trinajstić information content (AvgIpc) is 2.29. The first-order valence-corrected chi connectivity index (χ1v) is 6.99. The van der Waals surface area contributed by atoms with Crippen LogP contribution in [0.1, 0.15) is 27.7 Å².